The lowest BCUT2D eigenvalue weighted by atomic mass is 10.2. The molecule has 0 aliphatic heterocycles. The molecule has 24 heavy (non-hydrogen) atoms. The number of nitrogens with zero attached hydrogens (tertiary/aromatic N) is 2. The van der Waals surface area contributed by atoms with E-state index in [2.05, 4.69) is 10.3 Å². The van der Waals surface area contributed by atoms with Crippen molar-refractivity contribution in [1.82, 2.24) is 14.7 Å². The highest BCUT2D eigenvalue weighted by Gasteiger charge is 2.08. The van der Waals surface area contributed by atoms with Gasteiger partial charge in [-0.25, -0.2) is 4.98 Å². The monoisotopic (exact) mass is 361 g/mol. The van der Waals surface area contributed by atoms with Crippen molar-refractivity contribution in [3.63, 3.8) is 0 Å². The van der Waals surface area contributed by atoms with Gasteiger partial charge in [-0.05, 0) is 25.1 Å². The molecule has 1 amide bonds. The van der Waals surface area contributed by atoms with Crippen LogP contribution in [0.4, 0.5) is 0 Å². The summed E-state index contributed by atoms with van der Waals surface area (Å²) in [5, 5.41) is 5.07. The number of thiazole rings is 1. The molecule has 2 heterocycles. The van der Waals surface area contributed by atoms with E-state index in [1.165, 1.54) is 23.0 Å². The van der Waals surface area contributed by atoms with Crippen LogP contribution >= 0.6 is 22.9 Å². The average molecular weight is 362 g/mol. The minimum absolute atomic E-state index is 0.205. The van der Waals surface area contributed by atoms with Crippen LogP contribution in [-0.4, -0.2) is 28.4 Å². The van der Waals surface area contributed by atoms with Crippen LogP contribution in [0.25, 0.3) is 11.0 Å². The van der Waals surface area contributed by atoms with Crippen LogP contribution < -0.4 is 10.1 Å². The Morgan fingerprint density at radius 1 is 1.42 bits per heavy atom. The van der Waals surface area contributed by atoms with Crippen LogP contribution in [0.3, 0.4) is 0 Å². The van der Waals surface area contributed by atoms with Crippen LogP contribution in [0.2, 0.25) is 5.15 Å². The second kappa shape index (κ2) is 7.51. The van der Waals surface area contributed by atoms with Crippen LogP contribution in [0.15, 0.2) is 41.9 Å². The third-order valence-electron chi connectivity index (χ3n) is 3.34. The second-order valence-electron chi connectivity index (χ2n) is 5.13. The fraction of sp³-hybridized carbons (Fsp3) is 0.176. The number of rotatable bonds is 6. The molecule has 0 spiro atoms. The number of benzene rings is 1. The molecule has 1 N–H and O–H groups in total. The van der Waals surface area contributed by atoms with Gasteiger partial charge in [-0.2, -0.15) is 0 Å². The maximum atomic E-state index is 11.9. The number of ether oxygens (including phenoxy) is 1. The van der Waals surface area contributed by atoms with Gasteiger partial charge < -0.3 is 10.1 Å². The first kappa shape index (κ1) is 16.5. The van der Waals surface area contributed by atoms with Gasteiger partial charge in [-0.15, -0.1) is 11.3 Å². The van der Waals surface area contributed by atoms with E-state index in [4.69, 9.17) is 16.3 Å². The molecule has 124 valence electrons. The van der Waals surface area contributed by atoms with Gasteiger partial charge in [-0.3, -0.25) is 9.20 Å². The highest BCUT2D eigenvalue weighted by molar-refractivity contribution is 7.15. The molecule has 0 fully saturated rings. The predicted octanol–water partition coefficient (Wildman–Crippen LogP) is 3.57. The average Bonchev–Trinajstić information content (AvgIpc) is 3.12. The Bertz CT molecular complexity index is 868. The molecule has 0 aliphatic carbocycles. The summed E-state index contributed by atoms with van der Waals surface area (Å²) in [6.45, 7) is 2.85. The number of carbonyl (C=O) groups excluding carboxylic acids is 1. The van der Waals surface area contributed by atoms with Gasteiger partial charge in [0.25, 0.3) is 0 Å². The maximum absolute atomic E-state index is 11.9. The summed E-state index contributed by atoms with van der Waals surface area (Å²) in [5.74, 6) is 0.583. The minimum Gasteiger partial charge on any atom is -0.492 e. The number of nitrogens with one attached hydrogen (secondary N) is 1. The van der Waals surface area contributed by atoms with Gasteiger partial charge in [0.05, 0.1) is 12.2 Å². The first-order valence-corrected chi connectivity index (χ1v) is 8.65. The standard InChI is InChI=1S/C17H16ClN3O2S/c1-12-2-4-13(5-3-12)23-10-8-19-15(22)7-6-14-16(18)20-17-21(14)9-11-24-17/h2-7,9,11H,8,10H2,1H3,(H,19,22)/b7-6+. The van der Waals surface area contributed by atoms with Gasteiger partial charge in [0.2, 0.25) is 5.91 Å². The molecular formula is C17H16ClN3O2S. The summed E-state index contributed by atoms with van der Waals surface area (Å²) in [7, 11) is 0. The molecule has 0 saturated carbocycles. The van der Waals surface area contributed by atoms with Crippen LogP contribution in [0.1, 0.15) is 11.3 Å². The van der Waals surface area contributed by atoms with Gasteiger partial charge in [0, 0.05) is 17.7 Å². The summed E-state index contributed by atoms with van der Waals surface area (Å²) in [5.41, 5.74) is 1.87. The van der Waals surface area contributed by atoms with E-state index in [-0.39, 0.29) is 5.91 Å². The Morgan fingerprint density at radius 2 is 2.21 bits per heavy atom. The SMILES string of the molecule is Cc1ccc(OCCNC(=O)/C=C/c2c(Cl)nc3sccn23)cc1. The summed E-state index contributed by atoms with van der Waals surface area (Å²) < 4.78 is 7.40. The van der Waals surface area contributed by atoms with Gasteiger partial charge >= 0.3 is 0 Å². The molecule has 0 radical (unpaired) electrons. The Morgan fingerprint density at radius 3 is 3.00 bits per heavy atom. The van der Waals surface area contributed by atoms with Crippen LogP contribution in [0, 0.1) is 6.92 Å². The lowest BCUT2D eigenvalue weighted by Crippen LogP contribution is -2.26. The van der Waals surface area contributed by atoms with E-state index >= 15 is 0 Å². The molecule has 3 aromatic rings. The van der Waals surface area contributed by atoms with E-state index in [1.807, 2.05) is 47.2 Å². The van der Waals surface area contributed by atoms with Crippen molar-refractivity contribution < 1.29 is 9.53 Å². The number of carbonyl (C=O) groups is 1. The number of halogens is 1. The molecule has 1 aromatic carbocycles. The zero-order chi connectivity index (χ0) is 16.9. The minimum atomic E-state index is -0.205. The van der Waals surface area contributed by atoms with Crippen molar-refractivity contribution in [2.45, 2.75) is 6.92 Å². The zero-order valence-electron chi connectivity index (χ0n) is 13.0. The normalized spacial score (nSPS) is 11.2. The number of aryl methyl sites for hydroxylation is 1. The van der Waals surface area contributed by atoms with Gasteiger partial charge in [0.1, 0.15) is 12.4 Å². The lowest BCUT2D eigenvalue weighted by Gasteiger charge is -2.06. The van der Waals surface area contributed by atoms with Crippen LogP contribution in [-0.2, 0) is 4.79 Å². The van der Waals surface area contributed by atoms with E-state index < -0.39 is 0 Å². The number of aromatic nitrogens is 2. The molecule has 0 bridgehead atoms. The highest BCUT2D eigenvalue weighted by atomic mass is 35.5. The number of amides is 1. The fourth-order valence-electron chi connectivity index (χ4n) is 2.12. The van der Waals surface area contributed by atoms with Crippen molar-refractivity contribution in [3.05, 3.63) is 58.3 Å². The quantitative estimate of drug-likeness (QED) is 0.539. The number of hydrogen-bond donors (Lipinski definition) is 1. The molecule has 5 nitrogen and oxygen atoms in total. The summed E-state index contributed by atoms with van der Waals surface area (Å²) in [4.78, 5) is 16.9. The van der Waals surface area contributed by atoms with E-state index in [0.717, 1.165) is 10.7 Å². The largest absolute Gasteiger partial charge is 0.492 e. The first-order valence-electron chi connectivity index (χ1n) is 7.40. The molecule has 7 heteroatoms. The van der Waals surface area contributed by atoms with E-state index in [9.17, 15) is 4.79 Å². The van der Waals surface area contributed by atoms with Crippen molar-refractivity contribution in [2.75, 3.05) is 13.2 Å². The predicted molar refractivity (Wildman–Crippen MR) is 96.8 cm³/mol. The Kier molecular flexibility index (Phi) is 5.17. The van der Waals surface area contributed by atoms with Crippen LogP contribution in [0.5, 0.6) is 5.75 Å². The van der Waals surface area contributed by atoms with Crippen molar-refractivity contribution in [1.29, 1.82) is 0 Å². The summed E-state index contributed by atoms with van der Waals surface area (Å²) in [6, 6.07) is 7.78. The first-order chi connectivity index (χ1) is 11.6. The summed E-state index contributed by atoms with van der Waals surface area (Å²) in [6.07, 6.45) is 4.97. The van der Waals surface area contributed by atoms with Crippen molar-refractivity contribution in [3.8, 4) is 5.75 Å². The summed E-state index contributed by atoms with van der Waals surface area (Å²) >= 11 is 7.56. The topological polar surface area (TPSA) is 55.6 Å². The van der Waals surface area contributed by atoms with Gasteiger partial charge in [-0.1, -0.05) is 29.3 Å². The molecule has 2 aromatic heterocycles. The fourth-order valence-corrected chi connectivity index (χ4v) is 3.12. The van der Waals surface area contributed by atoms with Crippen molar-refractivity contribution >= 4 is 39.9 Å². The van der Waals surface area contributed by atoms with E-state index in [0.29, 0.717) is 24.0 Å². The Balaban J connectivity index is 1.48. The molecule has 0 saturated heterocycles. The molecular weight excluding hydrogens is 346 g/mol. The second-order valence-corrected chi connectivity index (χ2v) is 6.36. The number of imidazole rings is 1. The maximum Gasteiger partial charge on any atom is 0.244 e. The Labute approximate surface area is 148 Å². The molecule has 0 unspecified atom stereocenters. The highest BCUT2D eigenvalue weighted by Crippen LogP contribution is 2.22. The molecule has 0 atom stereocenters. The third kappa shape index (κ3) is 3.96. The third-order valence-corrected chi connectivity index (χ3v) is 4.37. The van der Waals surface area contributed by atoms with Gasteiger partial charge in [0.15, 0.2) is 10.1 Å². The smallest absolute Gasteiger partial charge is 0.244 e. The number of hydrogen-bond acceptors (Lipinski definition) is 4. The number of fused-ring (bicyclic) bond motifs is 1. The molecule has 3 rings (SSSR count). The molecule has 0 aliphatic rings. The zero-order valence-corrected chi connectivity index (χ0v) is 14.6. The van der Waals surface area contributed by atoms with E-state index in [1.54, 1.807) is 6.08 Å². The Hall–Kier alpha value is -2.31. The lowest BCUT2D eigenvalue weighted by molar-refractivity contribution is -0.116. The van der Waals surface area contributed by atoms with Crippen molar-refractivity contribution in [2.24, 2.45) is 0 Å².